The summed E-state index contributed by atoms with van der Waals surface area (Å²) in [7, 11) is 0. The predicted molar refractivity (Wildman–Crippen MR) is 113 cm³/mol. The van der Waals surface area contributed by atoms with Gasteiger partial charge < -0.3 is 9.73 Å². The van der Waals surface area contributed by atoms with Gasteiger partial charge in [-0.05, 0) is 74.4 Å². The SMILES string of the molecule is Cc1cc(C)c(C(=O)Nc2ccc(-c3nc4cc(Cl)ccc4o3)cc2)c(C)c1. The van der Waals surface area contributed by atoms with E-state index in [0.29, 0.717) is 33.3 Å². The number of benzene rings is 3. The van der Waals surface area contributed by atoms with Crippen LogP contribution in [0.25, 0.3) is 22.6 Å². The molecule has 4 nitrogen and oxygen atoms in total. The van der Waals surface area contributed by atoms with Crippen LogP contribution < -0.4 is 5.32 Å². The molecule has 1 aromatic heterocycles. The molecule has 0 radical (unpaired) electrons. The molecular formula is C23H19ClN2O2. The highest BCUT2D eigenvalue weighted by molar-refractivity contribution is 6.31. The lowest BCUT2D eigenvalue weighted by Gasteiger charge is -2.12. The quantitative estimate of drug-likeness (QED) is 0.445. The van der Waals surface area contributed by atoms with Crippen LogP contribution in [0.5, 0.6) is 0 Å². The van der Waals surface area contributed by atoms with E-state index in [-0.39, 0.29) is 5.91 Å². The molecule has 0 aliphatic heterocycles. The monoisotopic (exact) mass is 390 g/mol. The average Bonchev–Trinajstić information content (AvgIpc) is 3.04. The number of hydrogen-bond donors (Lipinski definition) is 1. The van der Waals surface area contributed by atoms with E-state index in [0.717, 1.165) is 22.3 Å². The van der Waals surface area contributed by atoms with E-state index < -0.39 is 0 Å². The van der Waals surface area contributed by atoms with Gasteiger partial charge in [-0.2, -0.15) is 0 Å². The summed E-state index contributed by atoms with van der Waals surface area (Å²) in [5.74, 6) is 0.402. The lowest BCUT2D eigenvalue weighted by atomic mass is 9.99. The van der Waals surface area contributed by atoms with Gasteiger partial charge in [-0.1, -0.05) is 29.3 Å². The Balaban J connectivity index is 1.57. The lowest BCUT2D eigenvalue weighted by Crippen LogP contribution is -2.15. The number of rotatable bonds is 3. The molecule has 0 bridgehead atoms. The van der Waals surface area contributed by atoms with Crippen LogP contribution in [-0.4, -0.2) is 10.9 Å². The zero-order valence-corrected chi connectivity index (χ0v) is 16.6. The zero-order valence-electron chi connectivity index (χ0n) is 15.8. The molecule has 5 heteroatoms. The van der Waals surface area contributed by atoms with Gasteiger partial charge in [0.1, 0.15) is 5.52 Å². The van der Waals surface area contributed by atoms with Crippen molar-refractivity contribution in [2.75, 3.05) is 5.32 Å². The Morgan fingerprint density at radius 2 is 1.64 bits per heavy atom. The van der Waals surface area contributed by atoms with Crippen LogP contribution in [-0.2, 0) is 0 Å². The Morgan fingerprint density at radius 3 is 2.32 bits per heavy atom. The Kier molecular flexibility index (Phi) is 4.65. The van der Waals surface area contributed by atoms with Crippen LogP contribution in [0.4, 0.5) is 5.69 Å². The topological polar surface area (TPSA) is 55.1 Å². The van der Waals surface area contributed by atoms with Gasteiger partial charge in [-0.3, -0.25) is 4.79 Å². The van der Waals surface area contributed by atoms with Gasteiger partial charge in [-0.15, -0.1) is 0 Å². The number of hydrogen-bond acceptors (Lipinski definition) is 3. The van der Waals surface area contributed by atoms with Crippen LogP contribution in [0.2, 0.25) is 5.02 Å². The number of anilines is 1. The summed E-state index contributed by atoms with van der Waals surface area (Å²) in [6.45, 7) is 5.94. The molecule has 4 aromatic rings. The molecule has 0 atom stereocenters. The molecule has 0 spiro atoms. The van der Waals surface area contributed by atoms with E-state index in [1.54, 1.807) is 18.2 Å². The maximum absolute atomic E-state index is 12.7. The van der Waals surface area contributed by atoms with Crippen molar-refractivity contribution in [1.29, 1.82) is 0 Å². The van der Waals surface area contributed by atoms with Gasteiger partial charge in [0.15, 0.2) is 5.58 Å². The van der Waals surface area contributed by atoms with Gasteiger partial charge in [-0.25, -0.2) is 4.98 Å². The van der Waals surface area contributed by atoms with E-state index in [1.807, 2.05) is 57.2 Å². The van der Waals surface area contributed by atoms with Crippen molar-refractivity contribution < 1.29 is 9.21 Å². The third-order valence-electron chi connectivity index (χ3n) is 4.64. The summed E-state index contributed by atoms with van der Waals surface area (Å²) in [4.78, 5) is 17.2. The first kappa shape index (κ1) is 18.3. The number of nitrogens with zero attached hydrogens (tertiary/aromatic N) is 1. The van der Waals surface area contributed by atoms with Crippen LogP contribution in [0.3, 0.4) is 0 Å². The fraction of sp³-hybridized carbons (Fsp3) is 0.130. The van der Waals surface area contributed by atoms with Gasteiger partial charge in [0.25, 0.3) is 5.91 Å². The number of carbonyl (C=O) groups is 1. The number of aromatic nitrogens is 1. The molecular weight excluding hydrogens is 372 g/mol. The summed E-state index contributed by atoms with van der Waals surface area (Å²) in [5.41, 5.74) is 6.74. The number of nitrogens with one attached hydrogen (secondary N) is 1. The smallest absolute Gasteiger partial charge is 0.256 e. The predicted octanol–water partition coefficient (Wildman–Crippen LogP) is 6.33. The number of oxazole rings is 1. The Morgan fingerprint density at radius 1 is 0.964 bits per heavy atom. The maximum Gasteiger partial charge on any atom is 0.256 e. The second kappa shape index (κ2) is 7.13. The highest BCUT2D eigenvalue weighted by Crippen LogP contribution is 2.27. The third-order valence-corrected chi connectivity index (χ3v) is 4.88. The van der Waals surface area contributed by atoms with Crippen molar-refractivity contribution in [3.63, 3.8) is 0 Å². The summed E-state index contributed by atoms with van der Waals surface area (Å²) < 4.78 is 5.78. The molecule has 3 aromatic carbocycles. The molecule has 140 valence electrons. The minimum absolute atomic E-state index is 0.112. The molecule has 1 N–H and O–H groups in total. The number of halogens is 1. The Bertz CT molecular complexity index is 1170. The Labute approximate surface area is 168 Å². The second-order valence-corrected chi connectivity index (χ2v) is 7.37. The third kappa shape index (κ3) is 3.51. The van der Waals surface area contributed by atoms with E-state index in [2.05, 4.69) is 10.3 Å². The van der Waals surface area contributed by atoms with Crippen LogP contribution >= 0.6 is 11.6 Å². The first-order chi connectivity index (χ1) is 13.4. The molecule has 0 fully saturated rings. The first-order valence-corrected chi connectivity index (χ1v) is 9.34. The summed E-state index contributed by atoms with van der Waals surface area (Å²) in [5, 5.41) is 3.58. The molecule has 0 saturated carbocycles. The largest absolute Gasteiger partial charge is 0.436 e. The van der Waals surface area contributed by atoms with Crippen LogP contribution in [0.15, 0.2) is 59.0 Å². The molecule has 0 aliphatic carbocycles. The zero-order chi connectivity index (χ0) is 19.8. The standard InChI is InChI=1S/C23H19ClN2O2/c1-13-10-14(2)21(15(3)11-13)22(27)25-18-7-4-16(5-8-18)23-26-19-12-17(24)6-9-20(19)28-23/h4-12H,1-3H3,(H,25,27). The van der Waals surface area contributed by atoms with E-state index in [1.165, 1.54) is 0 Å². The molecule has 1 heterocycles. The highest BCUT2D eigenvalue weighted by atomic mass is 35.5. The lowest BCUT2D eigenvalue weighted by molar-refractivity contribution is 0.102. The second-order valence-electron chi connectivity index (χ2n) is 6.94. The van der Waals surface area contributed by atoms with Crippen molar-refractivity contribution in [3.05, 3.63) is 81.9 Å². The highest BCUT2D eigenvalue weighted by Gasteiger charge is 2.14. The first-order valence-electron chi connectivity index (χ1n) is 8.96. The number of fused-ring (bicyclic) bond motifs is 1. The number of carbonyl (C=O) groups excluding carboxylic acids is 1. The van der Waals surface area contributed by atoms with Crippen molar-refractivity contribution in [2.24, 2.45) is 0 Å². The van der Waals surface area contributed by atoms with Gasteiger partial charge >= 0.3 is 0 Å². The minimum Gasteiger partial charge on any atom is -0.436 e. The maximum atomic E-state index is 12.7. The van der Waals surface area contributed by atoms with Crippen LogP contribution in [0, 0.1) is 20.8 Å². The van der Waals surface area contributed by atoms with Crippen molar-refractivity contribution >= 4 is 34.3 Å². The van der Waals surface area contributed by atoms with Crippen molar-refractivity contribution in [2.45, 2.75) is 20.8 Å². The molecule has 1 amide bonds. The average molecular weight is 391 g/mol. The number of amides is 1. The van der Waals surface area contributed by atoms with Crippen molar-refractivity contribution in [3.8, 4) is 11.5 Å². The Hall–Kier alpha value is -3.11. The van der Waals surface area contributed by atoms with E-state index in [4.69, 9.17) is 16.0 Å². The van der Waals surface area contributed by atoms with E-state index >= 15 is 0 Å². The van der Waals surface area contributed by atoms with Gasteiger partial charge in [0.05, 0.1) is 0 Å². The normalized spacial score (nSPS) is 11.0. The molecule has 28 heavy (non-hydrogen) atoms. The molecule has 4 rings (SSSR count). The summed E-state index contributed by atoms with van der Waals surface area (Å²) in [6, 6.07) is 16.8. The summed E-state index contributed by atoms with van der Waals surface area (Å²) >= 11 is 6.00. The molecule has 0 unspecified atom stereocenters. The van der Waals surface area contributed by atoms with Crippen molar-refractivity contribution in [1.82, 2.24) is 4.98 Å². The minimum atomic E-state index is -0.112. The van der Waals surface area contributed by atoms with Crippen LogP contribution in [0.1, 0.15) is 27.0 Å². The fourth-order valence-corrected chi connectivity index (χ4v) is 3.62. The molecule has 0 aliphatic rings. The van der Waals surface area contributed by atoms with Gasteiger partial charge in [0, 0.05) is 21.8 Å². The van der Waals surface area contributed by atoms with E-state index in [9.17, 15) is 4.79 Å². The molecule has 0 saturated heterocycles. The fourth-order valence-electron chi connectivity index (χ4n) is 3.45. The number of aryl methyl sites for hydroxylation is 3. The van der Waals surface area contributed by atoms with Gasteiger partial charge in [0.2, 0.25) is 5.89 Å². The summed E-state index contributed by atoms with van der Waals surface area (Å²) in [6.07, 6.45) is 0.